The van der Waals surface area contributed by atoms with Crippen molar-refractivity contribution in [2.24, 2.45) is 0 Å². The predicted octanol–water partition coefficient (Wildman–Crippen LogP) is 0.558. The molecule has 0 spiro atoms. The summed E-state index contributed by atoms with van der Waals surface area (Å²) in [4.78, 5) is 20.7. The van der Waals surface area contributed by atoms with Crippen LogP contribution in [0.25, 0.3) is 0 Å². The van der Waals surface area contributed by atoms with Gasteiger partial charge >= 0.3 is 0 Å². The van der Waals surface area contributed by atoms with Gasteiger partial charge in [0.1, 0.15) is 6.42 Å². The highest BCUT2D eigenvalue weighted by Crippen LogP contribution is 2.18. The van der Waals surface area contributed by atoms with Crippen LogP contribution in [0.3, 0.4) is 0 Å². The van der Waals surface area contributed by atoms with Crippen molar-refractivity contribution >= 4 is 0 Å². The molecular weight excluding hydrogens is 178 g/mol. The first-order chi connectivity index (χ1) is 6.00. The van der Waals surface area contributed by atoms with E-state index >= 15 is 0 Å². The van der Waals surface area contributed by atoms with Gasteiger partial charge in [-0.3, -0.25) is 20.2 Å². The third-order valence-electron chi connectivity index (χ3n) is 1.54. The van der Waals surface area contributed by atoms with Crippen LogP contribution >= 0.6 is 0 Å². The molecule has 0 aromatic rings. The lowest BCUT2D eigenvalue weighted by molar-refractivity contribution is -0.452. The van der Waals surface area contributed by atoms with Gasteiger partial charge in [-0.15, -0.1) is 0 Å². The van der Waals surface area contributed by atoms with Crippen molar-refractivity contribution in [3.63, 3.8) is 0 Å². The molecule has 0 aromatic heterocycles. The van der Waals surface area contributed by atoms with Crippen LogP contribution in [0.1, 0.15) is 6.42 Å². The zero-order chi connectivity index (χ0) is 10.0. The second-order valence-corrected chi connectivity index (χ2v) is 2.60. The van der Waals surface area contributed by atoms with E-state index < -0.39 is 9.85 Å². The lowest BCUT2D eigenvalue weighted by Crippen LogP contribution is -2.17. The van der Waals surface area contributed by atoms with Gasteiger partial charge < -0.3 is 4.90 Å². The van der Waals surface area contributed by atoms with Gasteiger partial charge in [-0.2, -0.15) is 0 Å². The van der Waals surface area contributed by atoms with Gasteiger partial charge in [0, 0.05) is 7.05 Å². The maximum atomic E-state index is 10.3. The first kappa shape index (κ1) is 9.17. The van der Waals surface area contributed by atoms with Gasteiger partial charge in [-0.1, -0.05) is 0 Å². The summed E-state index contributed by atoms with van der Waals surface area (Å²) in [5, 5.41) is 20.7. The molecular formula is C6H7N3O4. The lowest BCUT2D eigenvalue weighted by atomic mass is 10.2. The molecule has 0 fully saturated rings. The average Bonchev–Trinajstić information content (AvgIpc) is 2.03. The maximum Gasteiger partial charge on any atom is 0.273 e. The predicted molar refractivity (Wildman–Crippen MR) is 42.5 cm³/mol. The number of nitro groups is 2. The fraction of sp³-hybridized carbons (Fsp3) is 0.333. The molecule has 0 N–H and O–H groups in total. The van der Waals surface area contributed by atoms with Crippen molar-refractivity contribution in [2.75, 3.05) is 7.05 Å². The van der Waals surface area contributed by atoms with Crippen molar-refractivity contribution in [1.29, 1.82) is 0 Å². The zero-order valence-electron chi connectivity index (χ0n) is 6.84. The minimum atomic E-state index is -0.618. The van der Waals surface area contributed by atoms with Crippen LogP contribution in [-0.4, -0.2) is 21.8 Å². The number of rotatable bonds is 2. The molecule has 70 valence electrons. The van der Waals surface area contributed by atoms with Gasteiger partial charge in [0.25, 0.3) is 11.4 Å². The van der Waals surface area contributed by atoms with E-state index in [1.807, 2.05) is 0 Å². The Labute approximate surface area is 73.2 Å². The third kappa shape index (κ3) is 2.01. The van der Waals surface area contributed by atoms with E-state index in [9.17, 15) is 20.2 Å². The first-order valence-corrected chi connectivity index (χ1v) is 3.43. The minimum Gasteiger partial charge on any atom is -0.346 e. The number of nitrogens with zero attached hydrogens (tertiary/aromatic N) is 3. The molecule has 0 aliphatic carbocycles. The SMILES string of the molecule is CN1C=C([N+](=O)[O-])CC([N+](=O)[O-])=C1. The highest BCUT2D eigenvalue weighted by Gasteiger charge is 2.26. The van der Waals surface area contributed by atoms with Crippen molar-refractivity contribution < 1.29 is 9.85 Å². The van der Waals surface area contributed by atoms with Crippen LogP contribution in [0, 0.1) is 20.2 Å². The Morgan fingerprint density at radius 1 is 1.23 bits per heavy atom. The highest BCUT2D eigenvalue weighted by atomic mass is 16.6. The molecule has 0 radical (unpaired) electrons. The molecule has 0 bridgehead atoms. The molecule has 13 heavy (non-hydrogen) atoms. The second kappa shape index (κ2) is 3.21. The summed E-state index contributed by atoms with van der Waals surface area (Å²) < 4.78 is 0. The Balaban J connectivity index is 2.88. The number of hydrogen-bond acceptors (Lipinski definition) is 5. The van der Waals surface area contributed by atoms with Crippen molar-refractivity contribution in [1.82, 2.24) is 4.90 Å². The summed E-state index contributed by atoms with van der Waals surface area (Å²) in [6, 6.07) is 0. The number of hydrogen-bond donors (Lipinski definition) is 0. The smallest absolute Gasteiger partial charge is 0.273 e. The molecule has 0 unspecified atom stereocenters. The van der Waals surface area contributed by atoms with Crippen LogP contribution in [0.4, 0.5) is 0 Å². The van der Waals surface area contributed by atoms with E-state index in [4.69, 9.17) is 0 Å². The Hall–Kier alpha value is -1.92. The van der Waals surface area contributed by atoms with E-state index in [0.717, 1.165) is 0 Å². The molecule has 0 saturated carbocycles. The molecule has 7 nitrogen and oxygen atoms in total. The quantitative estimate of drug-likeness (QED) is 0.463. The van der Waals surface area contributed by atoms with E-state index in [1.54, 1.807) is 0 Å². The molecule has 0 aromatic carbocycles. The molecule has 0 saturated heterocycles. The van der Waals surface area contributed by atoms with E-state index in [-0.39, 0.29) is 17.8 Å². The third-order valence-corrected chi connectivity index (χ3v) is 1.54. The van der Waals surface area contributed by atoms with E-state index in [2.05, 4.69) is 0 Å². The minimum absolute atomic E-state index is 0.170. The fourth-order valence-electron chi connectivity index (χ4n) is 1.01. The first-order valence-electron chi connectivity index (χ1n) is 3.43. The molecule has 0 amide bonds. The Morgan fingerprint density at radius 2 is 1.62 bits per heavy atom. The molecule has 1 aliphatic heterocycles. The molecule has 7 heteroatoms. The zero-order valence-corrected chi connectivity index (χ0v) is 6.84. The fourth-order valence-corrected chi connectivity index (χ4v) is 1.01. The summed E-state index contributed by atoms with van der Waals surface area (Å²) in [6.07, 6.45) is 2.28. The molecule has 1 aliphatic rings. The Morgan fingerprint density at radius 3 is 1.92 bits per heavy atom. The summed E-state index contributed by atoms with van der Waals surface area (Å²) in [5.41, 5.74) is -0.339. The standard InChI is InChI=1S/C6H7N3O4/c1-7-3-5(8(10)11)2-6(4-7)9(12)13/h3-4H,2H2,1H3. The normalized spacial score (nSPS) is 16.2. The van der Waals surface area contributed by atoms with Crippen molar-refractivity contribution in [3.05, 3.63) is 44.0 Å². The maximum absolute atomic E-state index is 10.3. The van der Waals surface area contributed by atoms with Gasteiger partial charge in [0.2, 0.25) is 0 Å². The topological polar surface area (TPSA) is 89.5 Å². The Kier molecular flexibility index (Phi) is 2.27. The van der Waals surface area contributed by atoms with Gasteiger partial charge in [-0.05, 0) is 0 Å². The van der Waals surface area contributed by atoms with E-state index in [0.29, 0.717) is 0 Å². The molecule has 1 heterocycles. The summed E-state index contributed by atoms with van der Waals surface area (Å²) in [7, 11) is 1.51. The van der Waals surface area contributed by atoms with Crippen molar-refractivity contribution in [3.8, 4) is 0 Å². The Bertz CT molecular complexity index is 290. The van der Waals surface area contributed by atoms with Crippen LogP contribution in [0.5, 0.6) is 0 Å². The monoisotopic (exact) mass is 185 g/mol. The lowest BCUT2D eigenvalue weighted by Gasteiger charge is -2.11. The summed E-state index contributed by atoms with van der Waals surface area (Å²) in [6.45, 7) is 0. The van der Waals surface area contributed by atoms with E-state index in [1.165, 1.54) is 24.3 Å². The summed E-state index contributed by atoms with van der Waals surface area (Å²) >= 11 is 0. The highest BCUT2D eigenvalue weighted by molar-refractivity contribution is 5.11. The second-order valence-electron chi connectivity index (χ2n) is 2.60. The van der Waals surface area contributed by atoms with Crippen LogP contribution < -0.4 is 0 Å². The van der Waals surface area contributed by atoms with Gasteiger partial charge in [0.05, 0.1) is 22.2 Å². The van der Waals surface area contributed by atoms with Crippen molar-refractivity contribution in [2.45, 2.75) is 6.42 Å². The van der Waals surface area contributed by atoms with Gasteiger partial charge in [-0.25, -0.2) is 0 Å². The van der Waals surface area contributed by atoms with Gasteiger partial charge in [0.15, 0.2) is 0 Å². The van der Waals surface area contributed by atoms with Crippen LogP contribution in [0.2, 0.25) is 0 Å². The largest absolute Gasteiger partial charge is 0.346 e. The van der Waals surface area contributed by atoms with Crippen LogP contribution in [0.15, 0.2) is 23.8 Å². The average molecular weight is 185 g/mol. The molecule has 0 atom stereocenters. The van der Waals surface area contributed by atoms with Crippen LogP contribution in [-0.2, 0) is 0 Å². The molecule has 1 rings (SSSR count). The summed E-state index contributed by atoms with van der Waals surface area (Å²) in [5.74, 6) is 0.